The second-order valence-corrected chi connectivity index (χ2v) is 11.2. The zero-order chi connectivity index (χ0) is 28.5. The van der Waals surface area contributed by atoms with Crippen LogP contribution in [0.25, 0.3) is 11.3 Å². The number of carbonyl (C=O) groups excluding carboxylic acids is 3. The Bertz CT molecular complexity index is 1510. The number of hydrogen-bond acceptors (Lipinski definition) is 10. The van der Waals surface area contributed by atoms with E-state index in [1.54, 1.807) is 6.07 Å². The van der Waals surface area contributed by atoms with Gasteiger partial charge in [0.2, 0.25) is 5.78 Å². The molecule has 0 radical (unpaired) electrons. The SMILES string of the molecule is CN1CCN(Cc2ccc(-c3ccc(O)c4c3C[C@H]3C[C@H]5CC(O)=C(C(N)=O)C(=O)[C@@]5(O)C(O)=C3C4=O)o2)CC1. The molecule has 2 aromatic rings. The lowest BCUT2D eigenvalue weighted by Crippen LogP contribution is -2.57. The minimum atomic E-state index is -2.58. The third kappa shape index (κ3) is 3.87. The molecule has 3 atom stereocenters. The molecular formula is C29H31N3O8. The number of rotatable bonds is 4. The molecule has 1 aromatic carbocycles. The number of amides is 1. The first-order valence-electron chi connectivity index (χ1n) is 13.3. The van der Waals surface area contributed by atoms with E-state index in [4.69, 9.17) is 10.2 Å². The van der Waals surface area contributed by atoms with Crippen molar-refractivity contribution in [1.82, 2.24) is 9.80 Å². The van der Waals surface area contributed by atoms with Gasteiger partial charge in [0.15, 0.2) is 11.4 Å². The van der Waals surface area contributed by atoms with Gasteiger partial charge in [-0.2, -0.15) is 0 Å². The average Bonchev–Trinajstić information content (AvgIpc) is 3.35. The number of phenols is 1. The molecule has 1 fully saturated rings. The predicted octanol–water partition coefficient (Wildman–Crippen LogP) is 1.59. The molecule has 0 saturated carbocycles. The molecule has 1 aliphatic heterocycles. The molecule has 4 aliphatic rings. The Morgan fingerprint density at radius 1 is 1.07 bits per heavy atom. The summed E-state index contributed by atoms with van der Waals surface area (Å²) in [6.07, 6.45) is 0.0214. The first kappa shape index (κ1) is 26.3. The Kier molecular flexibility index (Phi) is 6.13. The Labute approximate surface area is 229 Å². The van der Waals surface area contributed by atoms with Crippen LogP contribution in [0.5, 0.6) is 5.75 Å². The lowest BCUT2D eigenvalue weighted by atomic mass is 9.60. The van der Waals surface area contributed by atoms with Crippen LogP contribution in [0.4, 0.5) is 0 Å². The van der Waals surface area contributed by atoms with Crippen molar-refractivity contribution in [3.05, 3.63) is 63.8 Å². The van der Waals surface area contributed by atoms with Gasteiger partial charge in [-0.05, 0) is 55.6 Å². The number of Topliss-reactive ketones (excluding diaryl/α,β-unsaturated/α-hetero) is 2. The van der Waals surface area contributed by atoms with Gasteiger partial charge in [-0.1, -0.05) is 0 Å². The fourth-order valence-corrected chi connectivity index (χ4v) is 6.68. The Balaban J connectivity index is 1.37. The van der Waals surface area contributed by atoms with Gasteiger partial charge in [-0.25, -0.2) is 0 Å². The number of benzene rings is 1. The normalized spacial score (nSPS) is 27.4. The summed E-state index contributed by atoms with van der Waals surface area (Å²) in [6.45, 7) is 4.46. The zero-order valence-electron chi connectivity index (χ0n) is 22.0. The van der Waals surface area contributed by atoms with Crippen molar-refractivity contribution in [3.63, 3.8) is 0 Å². The van der Waals surface area contributed by atoms with Crippen LogP contribution in [0, 0.1) is 11.8 Å². The van der Waals surface area contributed by atoms with E-state index in [0.29, 0.717) is 23.4 Å². The highest BCUT2D eigenvalue weighted by Crippen LogP contribution is 2.52. The quantitative estimate of drug-likeness (QED) is 0.352. The fourth-order valence-electron chi connectivity index (χ4n) is 6.68. The summed E-state index contributed by atoms with van der Waals surface area (Å²) in [5, 5.41) is 43.6. The second-order valence-electron chi connectivity index (χ2n) is 11.2. The number of piperazine rings is 1. The number of hydrogen-bond donors (Lipinski definition) is 5. The van der Waals surface area contributed by atoms with Crippen LogP contribution in [-0.2, 0) is 22.6 Å². The maximum Gasteiger partial charge on any atom is 0.255 e. The third-order valence-electron chi connectivity index (χ3n) is 8.85. The van der Waals surface area contributed by atoms with E-state index in [0.717, 1.165) is 31.9 Å². The summed E-state index contributed by atoms with van der Waals surface area (Å²) >= 11 is 0. The van der Waals surface area contributed by atoms with Crippen LogP contribution in [0.3, 0.4) is 0 Å². The molecule has 6 rings (SSSR count). The summed E-state index contributed by atoms with van der Waals surface area (Å²) in [7, 11) is 2.09. The van der Waals surface area contributed by atoms with E-state index in [-0.39, 0.29) is 36.1 Å². The molecule has 1 aromatic heterocycles. The number of ketones is 2. The highest BCUT2D eigenvalue weighted by molar-refractivity contribution is 6.24. The van der Waals surface area contributed by atoms with Gasteiger partial charge in [0.05, 0.1) is 12.1 Å². The largest absolute Gasteiger partial charge is 0.511 e. The van der Waals surface area contributed by atoms with Crippen molar-refractivity contribution < 1.29 is 39.2 Å². The molecule has 6 N–H and O–H groups in total. The third-order valence-corrected chi connectivity index (χ3v) is 8.85. The molecule has 40 heavy (non-hydrogen) atoms. The molecule has 11 nitrogen and oxygen atoms in total. The van der Waals surface area contributed by atoms with Crippen molar-refractivity contribution in [2.75, 3.05) is 33.2 Å². The van der Waals surface area contributed by atoms with Gasteiger partial charge >= 0.3 is 0 Å². The van der Waals surface area contributed by atoms with Crippen molar-refractivity contribution in [2.24, 2.45) is 17.6 Å². The van der Waals surface area contributed by atoms with Crippen LogP contribution >= 0.6 is 0 Å². The number of aliphatic hydroxyl groups excluding tert-OH is 2. The number of likely N-dealkylation sites (N-methyl/N-ethyl adjacent to an activating group) is 1. The van der Waals surface area contributed by atoms with E-state index in [1.165, 1.54) is 6.07 Å². The summed E-state index contributed by atoms with van der Waals surface area (Å²) in [5.41, 5.74) is 2.82. The number of carbonyl (C=O) groups is 3. The van der Waals surface area contributed by atoms with Gasteiger partial charge in [-0.3, -0.25) is 19.3 Å². The molecule has 1 saturated heterocycles. The molecule has 11 heteroatoms. The van der Waals surface area contributed by atoms with Crippen LogP contribution in [-0.4, -0.2) is 86.5 Å². The Morgan fingerprint density at radius 3 is 2.50 bits per heavy atom. The first-order valence-corrected chi connectivity index (χ1v) is 13.3. The number of aliphatic hydroxyl groups is 3. The Hall–Kier alpha value is -3.93. The van der Waals surface area contributed by atoms with Crippen molar-refractivity contribution >= 4 is 17.5 Å². The number of primary amides is 1. The number of aromatic hydroxyl groups is 1. The number of phenolic OH excluding ortho intramolecular Hbond substituents is 1. The lowest BCUT2D eigenvalue weighted by Gasteiger charge is -2.45. The molecule has 0 unspecified atom stereocenters. The monoisotopic (exact) mass is 549 g/mol. The summed E-state index contributed by atoms with van der Waals surface area (Å²) in [6, 6.07) is 6.80. The lowest BCUT2D eigenvalue weighted by molar-refractivity contribution is -0.144. The number of nitrogens with two attached hydrogens (primary N) is 1. The van der Waals surface area contributed by atoms with E-state index >= 15 is 0 Å². The minimum Gasteiger partial charge on any atom is -0.511 e. The van der Waals surface area contributed by atoms with Gasteiger partial charge in [0.1, 0.15) is 34.4 Å². The van der Waals surface area contributed by atoms with Crippen LogP contribution < -0.4 is 5.73 Å². The number of allylic oxidation sites excluding steroid dienone is 2. The first-order chi connectivity index (χ1) is 19.0. The average molecular weight is 550 g/mol. The molecule has 2 heterocycles. The fraction of sp³-hybridized carbons (Fsp3) is 0.414. The van der Waals surface area contributed by atoms with Crippen LogP contribution in [0.15, 0.2) is 51.3 Å². The van der Waals surface area contributed by atoms with Gasteiger partial charge < -0.3 is 35.5 Å². The predicted molar refractivity (Wildman–Crippen MR) is 141 cm³/mol. The number of nitrogens with zero attached hydrogens (tertiary/aromatic N) is 2. The molecule has 1 amide bonds. The maximum absolute atomic E-state index is 13.8. The maximum atomic E-state index is 13.8. The summed E-state index contributed by atoms with van der Waals surface area (Å²) in [4.78, 5) is 43.3. The van der Waals surface area contributed by atoms with E-state index in [1.807, 2.05) is 12.1 Å². The van der Waals surface area contributed by atoms with E-state index < -0.39 is 52.0 Å². The van der Waals surface area contributed by atoms with Gasteiger partial charge in [-0.15, -0.1) is 0 Å². The molecule has 0 bridgehead atoms. The number of fused-ring (bicyclic) bond motifs is 3. The van der Waals surface area contributed by atoms with Crippen LogP contribution in [0.1, 0.15) is 34.5 Å². The molecule has 210 valence electrons. The smallest absolute Gasteiger partial charge is 0.255 e. The minimum absolute atomic E-state index is 0.0360. The van der Waals surface area contributed by atoms with Crippen molar-refractivity contribution in [2.45, 2.75) is 31.4 Å². The topological polar surface area (TPSA) is 178 Å². The standard InChI is InChI=1S/C29H31N3O8/c1-31-6-8-32(9-7-31)13-16-2-5-21(40-16)17-3-4-19(33)23-18(17)11-14-10-15-12-20(34)24(28(30)38)27(37)29(15,39)26(36)22(14)25(23)35/h2-5,14-15,33-34,36,39H,6-13H2,1H3,(H2,30,38)/t14-,15+,29+/m1/s1. The zero-order valence-corrected chi connectivity index (χ0v) is 22.0. The number of furan rings is 1. The second kappa shape index (κ2) is 9.33. The summed E-state index contributed by atoms with van der Waals surface area (Å²) < 4.78 is 6.18. The molecule has 3 aliphatic carbocycles. The van der Waals surface area contributed by atoms with Crippen molar-refractivity contribution in [3.8, 4) is 17.1 Å². The van der Waals surface area contributed by atoms with Gasteiger partial charge in [0, 0.05) is 49.7 Å². The highest BCUT2D eigenvalue weighted by Gasteiger charge is 2.59. The van der Waals surface area contributed by atoms with Crippen LogP contribution in [0.2, 0.25) is 0 Å². The van der Waals surface area contributed by atoms with E-state index in [2.05, 4.69) is 16.8 Å². The summed E-state index contributed by atoms with van der Waals surface area (Å²) in [5.74, 6) is -5.18. The van der Waals surface area contributed by atoms with E-state index in [9.17, 15) is 34.8 Å². The highest BCUT2D eigenvalue weighted by atomic mass is 16.4. The molecular weight excluding hydrogens is 518 g/mol. The van der Waals surface area contributed by atoms with Gasteiger partial charge in [0.25, 0.3) is 5.91 Å². The van der Waals surface area contributed by atoms with Crippen molar-refractivity contribution in [1.29, 1.82) is 0 Å². The molecule has 0 spiro atoms. The Morgan fingerprint density at radius 2 is 1.80 bits per heavy atom.